The van der Waals surface area contributed by atoms with Crippen LogP contribution >= 0.6 is 11.3 Å². The number of benzene rings is 1. The van der Waals surface area contributed by atoms with Gasteiger partial charge in [-0.25, -0.2) is 4.98 Å². The van der Waals surface area contributed by atoms with Crippen molar-refractivity contribution >= 4 is 22.9 Å². The molecular weight excluding hydrogens is 310 g/mol. The van der Waals surface area contributed by atoms with Gasteiger partial charge in [0.25, 0.3) is 0 Å². The Labute approximate surface area is 140 Å². The predicted molar refractivity (Wildman–Crippen MR) is 91.4 cm³/mol. The van der Waals surface area contributed by atoms with Crippen molar-refractivity contribution in [2.75, 3.05) is 25.0 Å². The van der Waals surface area contributed by atoms with E-state index in [9.17, 15) is 9.90 Å². The van der Waals surface area contributed by atoms with Crippen molar-refractivity contribution in [1.29, 1.82) is 0 Å². The molecule has 2 aromatic rings. The van der Waals surface area contributed by atoms with Gasteiger partial charge in [-0.1, -0.05) is 18.2 Å². The van der Waals surface area contributed by atoms with Gasteiger partial charge in [0.05, 0.1) is 12.1 Å². The summed E-state index contributed by atoms with van der Waals surface area (Å²) in [6.45, 7) is 3.00. The topological polar surface area (TPSA) is 65.5 Å². The Balaban J connectivity index is 1.50. The van der Waals surface area contributed by atoms with Gasteiger partial charge < -0.3 is 10.4 Å². The average molecular weight is 331 g/mol. The van der Waals surface area contributed by atoms with Crippen LogP contribution in [-0.4, -0.2) is 40.6 Å². The number of carbonyl (C=O) groups excluding carboxylic acids is 1. The molecule has 5 nitrogen and oxygen atoms in total. The number of amides is 1. The number of hydrogen-bond donors (Lipinski definition) is 2. The molecule has 6 heteroatoms. The summed E-state index contributed by atoms with van der Waals surface area (Å²) in [5.74, 6) is 0.350. The minimum Gasteiger partial charge on any atom is -0.396 e. The smallest absolute Gasteiger partial charge is 0.231 e. The summed E-state index contributed by atoms with van der Waals surface area (Å²) >= 11 is 1.53. The zero-order valence-corrected chi connectivity index (χ0v) is 13.8. The lowest BCUT2D eigenvalue weighted by Gasteiger charge is -2.13. The molecule has 0 radical (unpaired) electrons. The van der Waals surface area contributed by atoms with Crippen molar-refractivity contribution in [1.82, 2.24) is 9.88 Å². The first-order valence-electron chi connectivity index (χ1n) is 7.84. The number of hydrogen-bond acceptors (Lipinski definition) is 5. The highest BCUT2D eigenvalue weighted by atomic mass is 32.1. The maximum absolute atomic E-state index is 12.0. The van der Waals surface area contributed by atoms with Crippen LogP contribution in [0.15, 0.2) is 35.7 Å². The lowest BCUT2D eigenvalue weighted by Crippen LogP contribution is -2.21. The standard InChI is InChI=1S/C17H21N3O2S/c21-11-13-6-7-20(9-13)10-15-12-23-17(19-15)8-16(22)18-14-4-2-1-3-5-14/h1-5,12-13,21H,6-11H2,(H,18,22). The summed E-state index contributed by atoms with van der Waals surface area (Å²) in [6.07, 6.45) is 1.35. The summed E-state index contributed by atoms with van der Waals surface area (Å²) < 4.78 is 0. The number of aliphatic hydroxyl groups excluding tert-OH is 1. The number of likely N-dealkylation sites (tertiary alicyclic amines) is 1. The van der Waals surface area contributed by atoms with E-state index in [0.717, 1.165) is 42.4 Å². The number of rotatable bonds is 6. The Bertz CT molecular complexity index is 644. The monoisotopic (exact) mass is 331 g/mol. The Kier molecular flexibility index (Phi) is 5.38. The Morgan fingerprint density at radius 1 is 1.39 bits per heavy atom. The number of anilines is 1. The number of nitrogens with one attached hydrogen (secondary N) is 1. The third-order valence-corrected chi connectivity index (χ3v) is 4.88. The largest absolute Gasteiger partial charge is 0.396 e. The minimum atomic E-state index is -0.0429. The van der Waals surface area contributed by atoms with E-state index in [1.165, 1.54) is 11.3 Å². The van der Waals surface area contributed by atoms with Crippen molar-refractivity contribution in [3.8, 4) is 0 Å². The summed E-state index contributed by atoms with van der Waals surface area (Å²) in [4.78, 5) is 18.9. The average Bonchev–Trinajstić information content (AvgIpc) is 3.18. The molecule has 1 unspecified atom stereocenters. The molecule has 122 valence electrons. The Hall–Kier alpha value is -1.76. The second-order valence-electron chi connectivity index (χ2n) is 5.90. The van der Waals surface area contributed by atoms with Crippen LogP contribution < -0.4 is 5.32 Å². The van der Waals surface area contributed by atoms with Gasteiger partial charge in [0.15, 0.2) is 0 Å². The van der Waals surface area contributed by atoms with Crippen LogP contribution in [0.2, 0.25) is 0 Å². The van der Waals surface area contributed by atoms with Crippen LogP contribution in [0, 0.1) is 5.92 Å². The fourth-order valence-corrected chi connectivity index (χ4v) is 3.59. The third kappa shape index (κ3) is 4.60. The summed E-state index contributed by atoms with van der Waals surface area (Å²) in [5.41, 5.74) is 1.82. The number of thiazole rings is 1. The third-order valence-electron chi connectivity index (χ3n) is 3.98. The van der Waals surface area contributed by atoms with E-state index in [2.05, 4.69) is 15.2 Å². The molecule has 0 bridgehead atoms. The molecule has 1 atom stereocenters. The lowest BCUT2D eigenvalue weighted by atomic mass is 10.1. The number of carbonyl (C=O) groups is 1. The van der Waals surface area contributed by atoms with E-state index >= 15 is 0 Å². The van der Waals surface area contributed by atoms with Crippen molar-refractivity contribution in [2.24, 2.45) is 5.92 Å². The molecular formula is C17H21N3O2S. The highest BCUT2D eigenvalue weighted by molar-refractivity contribution is 7.09. The number of aromatic nitrogens is 1. The van der Waals surface area contributed by atoms with Crippen molar-refractivity contribution in [3.63, 3.8) is 0 Å². The molecule has 1 aliphatic heterocycles. The molecule has 1 fully saturated rings. The van der Waals surface area contributed by atoms with Gasteiger partial charge >= 0.3 is 0 Å². The van der Waals surface area contributed by atoms with Gasteiger partial charge in [0.1, 0.15) is 5.01 Å². The van der Waals surface area contributed by atoms with Gasteiger partial charge in [-0.2, -0.15) is 0 Å². The lowest BCUT2D eigenvalue weighted by molar-refractivity contribution is -0.115. The summed E-state index contributed by atoms with van der Waals surface area (Å²) in [5, 5.41) is 14.9. The van der Waals surface area contributed by atoms with Gasteiger partial charge in [-0.05, 0) is 31.0 Å². The normalized spacial score (nSPS) is 18.2. The minimum absolute atomic E-state index is 0.0429. The molecule has 1 saturated heterocycles. The maximum atomic E-state index is 12.0. The molecule has 2 heterocycles. The van der Waals surface area contributed by atoms with E-state index in [1.807, 2.05) is 35.7 Å². The van der Waals surface area contributed by atoms with Crippen LogP contribution in [0.4, 0.5) is 5.69 Å². The molecule has 1 aliphatic rings. The van der Waals surface area contributed by atoms with E-state index in [0.29, 0.717) is 12.3 Å². The number of nitrogens with zero attached hydrogens (tertiary/aromatic N) is 2. The molecule has 0 aliphatic carbocycles. The molecule has 23 heavy (non-hydrogen) atoms. The van der Waals surface area contributed by atoms with Gasteiger partial charge in [0, 0.05) is 30.8 Å². The first kappa shape index (κ1) is 16.1. The highest BCUT2D eigenvalue weighted by Gasteiger charge is 2.22. The molecule has 3 rings (SSSR count). The highest BCUT2D eigenvalue weighted by Crippen LogP contribution is 2.19. The van der Waals surface area contributed by atoms with E-state index in [-0.39, 0.29) is 12.5 Å². The van der Waals surface area contributed by atoms with Gasteiger partial charge in [0.2, 0.25) is 5.91 Å². The van der Waals surface area contributed by atoms with Crippen LogP contribution in [0.5, 0.6) is 0 Å². The van der Waals surface area contributed by atoms with Crippen molar-refractivity contribution < 1.29 is 9.90 Å². The molecule has 1 aromatic carbocycles. The first-order chi connectivity index (χ1) is 11.2. The molecule has 2 N–H and O–H groups in total. The maximum Gasteiger partial charge on any atom is 0.231 e. The van der Waals surface area contributed by atoms with E-state index in [1.54, 1.807) is 0 Å². The van der Waals surface area contributed by atoms with Crippen molar-refractivity contribution in [2.45, 2.75) is 19.4 Å². The SMILES string of the molecule is O=C(Cc1nc(CN2CCC(CO)C2)cs1)Nc1ccccc1. The second kappa shape index (κ2) is 7.68. The molecule has 1 aromatic heterocycles. The van der Waals surface area contributed by atoms with E-state index in [4.69, 9.17) is 0 Å². The quantitative estimate of drug-likeness (QED) is 0.851. The molecule has 1 amide bonds. The van der Waals surface area contributed by atoms with Crippen LogP contribution in [-0.2, 0) is 17.8 Å². The van der Waals surface area contributed by atoms with E-state index < -0.39 is 0 Å². The van der Waals surface area contributed by atoms with Crippen LogP contribution in [0.3, 0.4) is 0 Å². The number of aliphatic hydroxyl groups is 1. The zero-order chi connectivity index (χ0) is 16.1. The second-order valence-corrected chi connectivity index (χ2v) is 6.84. The summed E-state index contributed by atoms with van der Waals surface area (Å²) in [7, 11) is 0. The fourth-order valence-electron chi connectivity index (χ4n) is 2.80. The fraction of sp³-hybridized carbons (Fsp3) is 0.412. The van der Waals surface area contributed by atoms with Gasteiger partial charge in [-0.15, -0.1) is 11.3 Å². The molecule has 0 spiro atoms. The summed E-state index contributed by atoms with van der Waals surface area (Å²) in [6, 6.07) is 9.45. The Morgan fingerprint density at radius 3 is 2.96 bits per heavy atom. The number of para-hydroxylation sites is 1. The first-order valence-corrected chi connectivity index (χ1v) is 8.72. The van der Waals surface area contributed by atoms with Crippen molar-refractivity contribution in [3.05, 3.63) is 46.4 Å². The van der Waals surface area contributed by atoms with Gasteiger partial charge in [-0.3, -0.25) is 9.69 Å². The molecule has 0 saturated carbocycles. The van der Waals surface area contributed by atoms with Crippen LogP contribution in [0.1, 0.15) is 17.1 Å². The van der Waals surface area contributed by atoms with Crippen LogP contribution in [0.25, 0.3) is 0 Å². The zero-order valence-electron chi connectivity index (χ0n) is 12.9. The Morgan fingerprint density at radius 2 is 2.22 bits per heavy atom. The predicted octanol–water partition coefficient (Wildman–Crippen LogP) is 2.14.